The average Bonchev–Trinajstić information content (AvgIpc) is 2.62. The number of methoxy groups -OCH3 is 1. The lowest BCUT2D eigenvalue weighted by molar-refractivity contribution is -0.119. The van der Waals surface area contributed by atoms with Gasteiger partial charge in [0, 0.05) is 24.8 Å². The van der Waals surface area contributed by atoms with E-state index in [1.54, 1.807) is 36.5 Å². The number of nitrogens with zero attached hydrogens (tertiary/aromatic N) is 2. The van der Waals surface area contributed by atoms with Crippen LogP contribution in [0.1, 0.15) is 24.5 Å². The van der Waals surface area contributed by atoms with Gasteiger partial charge in [0.2, 0.25) is 5.88 Å². The van der Waals surface area contributed by atoms with Crippen molar-refractivity contribution in [2.24, 2.45) is 5.73 Å². The third-order valence-corrected chi connectivity index (χ3v) is 3.55. The van der Waals surface area contributed by atoms with Gasteiger partial charge < -0.3 is 15.2 Å². The van der Waals surface area contributed by atoms with Gasteiger partial charge in [0.15, 0.2) is 5.78 Å². The predicted molar refractivity (Wildman–Crippen MR) is 89.0 cm³/mol. The van der Waals surface area contributed by atoms with Gasteiger partial charge in [0.25, 0.3) is 0 Å². The van der Waals surface area contributed by atoms with Crippen molar-refractivity contribution in [2.75, 3.05) is 7.11 Å². The molecule has 1 atom stereocenters. The summed E-state index contributed by atoms with van der Waals surface area (Å²) in [5, 5.41) is 8.97. The molecule has 2 rings (SSSR count). The van der Waals surface area contributed by atoms with Gasteiger partial charge in [0.1, 0.15) is 17.6 Å². The molecular formula is C18H19N3O3. The molecule has 124 valence electrons. The van der Waals surface area contributed by atoms with Crippen LogP contribution in [0.3, 0.4) is 0 Å². The molecule has 0 aliphatic carbocycles. The van der Waals surface area contributed by atoms with Crippen molar-refractivity contribution >= 4 is 5.78 Å². The topological polar surface area (TPSA) is 98.2 Å². The monoisotopic (exact) mass is 325 g/mol. The fourth-order valence-electron chi connectivity index (χ4n) is 2.08. The Labute approximate surface area is 140 Å². The van der Waals surface area contributed by atoms with Crippen LogP contribution in [0.2, 0.25) is 0 Å². The molecule has 0 aliphatic heterocycles. The summed E-state index contributed by atoms with van der Waals surface area (Å²) < 4.78 is 10.8. The molecule has 0 saturated heterocycles. The van der Waals surface area contributed by atoms with Crippen LogP contribution in [0.15, 0.2) is 36.5 Å². The van der Waals surface area contributed by atoms with Crippen LogP contribution in [0.4, 0.5) is 0 Å². The minimum atomic E-state index is -0.438. The van der Waals surface area contributed by atoms with Crippen molar-refractivity contribution in [3.63, 3.8) is 0 Å². The summed E-state index contributed by atoms with van der Waals surface area (Å²) in [7, 11) is 1.49. The van der Waals surface area contributed by atoms with E-state index in [-0.39, 0.29) is 12.2 Å². The minimum absolute atomic E-state index is 0.00945. The third-order valence-electron chi connectivity index (χ3n) is 3.55. The lowest BCUT2D eigenvalue weighted by Gasteiger charge is -2.09. The maximum absolute atomic E-state index is 11.8. The lowest BCUT2D eigenvalue weighted by Crippen LogP contribution is -2.30. The molecule has 6 nitrogen and oxygen atoms in total. The largest absolute Gasteiger partial charge is 0.495 e. The van der Waals surface area contributed by atoms with Crippen LogP contribution in [-0.2, 0) is 11.2 Å². The normalized spacial score (nSPS) is 11.4. The molecule has 1 aromatic heterocycles. The number of benzene rings is 1. The zero-order valence-corrected chi connectivity index (χ0v) is 13.7. The molecule has 0 amide bonds. The number of hydrogen-bond donors (Lipinski definition) is 1. The first-order valence-corrected chi connectivity index (χ1v) is 7.56. The number of pyridine rings is 1. The minimum Gasteiger partial charge on any atom is -0.495 e. The Bertz CT molecular complexity index is 751. The van der Waals surface area contributed by atoms with Crippen molar-refractivity contribution in [3.8, 4) is 23.4 Å². The van der Waals surface area contributed by atoms with Gasteiger partial charge in [-0.25, -0.2) is 4.98 Å². The van der Waals surface area contributed by atoms with Crippen molar-refractivity contribution in [3.05, 3.63) is 47.7 Å². The van der Waals surface area contributed by atoms with Crippen LogP contribution >= 0.6 is 0 Å². The molecular weight excluding hydrogens is 306 g/mol. The molecule has 0 fully saturated rings. The van der Waals surface area contributed by atoms with Crippen molar-refractivity contribution in [2.45, 2.75) is 25.8 Å². The van der Waals surface area contributed by atoms with Gasteiger partial charge >= 0.3 is 0 Å². The number of carbonyl (C=O) groups excluding carboxylic acids is 1. The van der Waals surface area contributed by atoms with Gasteiger partial charge in [-0.15, -0.1) is 0 Å². The SMILES string of the molecule is CC[C@@H](N)C(=O)Cc1ccc(Oc2ccc(C#N)c(OC)c2)nc1. The molecule has 0 spiro atoms. The van der Waals surface area contributed by atoms with Crippen LogP contribution in [0.25, 0.3) is 0 Å². The second kappa shape index (κ2) is 8.09. The fraction of sp³-hybridized carbons (Fsp3) is 0.278. The number of ketones is 1. The number of nitrogens with two attached hydrogens (primary N) is 1. The highest BCUT2D eigenvalue weighted by molar-refractivity contribution is 5.85. The molecule has 1 heterocycles. The highest BCUT2D eigenvalue weighted by atomic mass is 16.5. The third kappa shape index (κ3) is 4.31. The molecule has 24 heavy (non-hydrogen) atoms. The van der Waals surface area contributed by atoms with Crippen molar-refractivity contribution < 1.29 is 14.3 Å². The first kappa shape index (κ1) is 17.4. The fourth-order valence-corrected chi connectivity index (χ4v) is 2.08. The quantitative estimate of drug-likeness (QED) is 0.840. The molecule has 0 unspecified atom stereocenters. The highest BCUT2D eigenvalue weighted by Gasteiger charge is 2.12. The molecule has 0 bridgehead atoms. The summed E-state index contributed by atoms with van der Waals surface area (Å²) in [6.07, 6.45) is 2.47. The Morgan fingerprint density at radius 3 is 2.75 bits per heavy atom. The van der Waals surface area contributed by atoms with Crippen molar-refractivity contribution in [1.29, 1.82) is 5.26 Å². The Morgan fingerprint density at radius 1 is 1.38 bits per heavy atom. The maximum Gasteiger partial charge on any atom is 0.219 e. The Hall–Kier alpha value is -2.91. The number of nitriles is 1. The van der Waals surface area contributed by atoms with Gasteiger partial charge in [-0.2, -0.15) is 5.26 Å². The second-order valence-corrected chi connectivity index (χ2v) is 5.24. The van der Waals surface area contributed by atoms with E-state index in [9.17, 15) is 4.79 Å². The number of ether oxygens (including phenoxy) is 2. The molecule has 6 heteroatoms. The van der Waals surface area contributed by atoms with E-state index in [0.717, 1.165) is 5.56 Å². The molecule has 2 N–H and O–H groups in total. The average molecular weight is 325 g/mol. The van der Waals surface area contributed by atoms with E-state index in [1.807, 2.05) is 13.0 Å². The Kier molecular flexibility index (Phi) is 5.88. The summed E-state index contributed by atoms with van der Waals surface area (Å²) in [6, 6.07) is 9.98. The summed E-state index contributed by atoms with van der Waals surface area (Å²) in [5.74, 6) is 1.32. The standard InChI is InChI=1S/C18H19N3O3/c1-3-15(20)16(22)8-12-4-7-18(21-11-12)24-14-6-5-13(10-19)17(9-14)23-2/h4-7,9,11,15H,3,8,20H2,1-2H3/t15-/m1/s1. The number of rotatable bonds is 7. The molecule has 1 aromatic carbocycles. The van der Waals surface area contributed by atoms with Crippen LogP contribution in [0.5, 0.6) is 17.4 Å². The molecule has 2 aromatic rings. The lowest BCUT2D eigenvalue weighted by atomic mass is 10.0. The predicted octanol–water partition coefficient (Wildman–Crippen LogP) is 2.60. The van der Waals surface area contributed by atoms with E-state index in [1.165, 1.54) is 7.11 Å². The number of aromatic nitrogens is 1. The summed E-state index contributed by atoms with van der Waals surface area (Å²) in [4.78, 5) is 16.0. The second-order valence-electron chi connectivity index (χ2n) is 5.24. The number of hydrogen-bond acceptors (Lipinski definition) is 6. The van der Waals surface area contributed by atoms with Gasteiger partial charge in [-0.3, -0.25) is 4.79 Å². The van der Waals surface area contributed by atoms with Crippen LogP contribution in [-0.4, -0.2) is 23.9 Å². The van der Waals surface area contributed by atoms with E-state index >= 15 is 0 Å². The number of carbonyl (C=O) groups is 1. The van der Waals surface area contributed by atoms with Crippen LogP contribution < -0.4 is 15.2 Å². The molecule has 0 saturated carbocycles. The van der Waals surface area contributed by atoms with E-state index in [2.05, 4.69) is 4.98 Å². The van der Waals surface area contributed by atoms with E-state index in [4.69, 9.17) is 20.5 Å². The smallest absolute Gasteiger partial charge is 0.219 e. The maximum atomic E-state index is 11.8. The Balaban J connectivity index is 2.07. The van der Waals surface area contributed by atoms with E-state index in [0.29, 0.717) is 29.4 Å². The number of Topliss-reactive ketones (excluding diaryl/α,β-unsaturated/α-hetero) is 1. The Morgan fingerprint density at radius 2 is 2.17 bits per heavy atom. The molecule has 0 radical (unpaired) electrons. The van der Waals surface area contributed by atoms with Crippen LogP contribution in [0, 0.1) is 11.3 Å². The summed E-state index contributed by atoms with van der Waals surface area (Å²) in [5.41, 5.74) is 6.93. The summed E-state index contributed by atoms with van der Waals surface area (Å²) >= 11 is 0. The van der Waals surface area contributed by atoms with Gasteiger partial charge in [-0.05, 0) is 24.1 Å². The van der Waals surface area contributed by atoms with Crippen molar-refractivity contribution in [1.82, 2.24) is 4.98 Å². The van der Waals surface area contributed by atoms with Gasteiger partial charge in [-0.1, -0.05) is 13.0 Å². The highest BCUT2D eigenvalue weighted by Crippen LogP contribution is 2.27. The summed E-state index contributed by atoms with van der Waals surface area (Å²) in [6.45, 7) is 1.88. The van der Waals surface area contributed by atoms with Gasteiger partial charge in [0.05, 0.1) is 18.7 Å². The first-order chi connectivity index (χ1) is 11.6. The van der Waals surface area contributed by atoms with E-state index < -0.39 is 6.04 Å². The zero-order chi connectivity index (χ0) is 17.5. The molecule has 0 aliphatic rings. The first-order valence-electron chi connectivity index (χ1n) is 7.56. The zero-order valence-electron chi connectivity index (χ0n) is 13.7.